The summed E-state index contributed by atoms with van der Waals surface area (Å²) in [5, 5.41) is 0. The summed E-state index contributed by atoms with van der Waals surface area (Å²) in [5.41, 5.74) is 4.77. The van der Waals surface area contributed by atoms with Crippen LogP contribution in [0.2, 0.25) is 0 Å². The van der Waals surface area contributed by atoms with E-state index in [1.54, 1.807) is 55.6 Å². The number of unbranched alkanes of at least 4 members (excludes halogenated alkanes) is 5. The molecule has 224 valence electrons. The standard InChI is InChI=1S/C37H40O6/c1-5-6-7-8-9-10-11-29-13-14-30(25-34(29)40-3)36(38)42-31-19-15-27(16-20-31)28-17-21-32(22-18-28)43-37(39)33-23-12-26(2)24-35(33)41-4/h12-25H,5-11H2,1-4H3. The van der Waals surface area contributed by atoms with Crippen LogP contribution in [0, 0.1) is 6.92 Å². The highest BCUT2D eigenvalue weighted by Gasteiger charge is 2.16. The Morgan fingerprint density at radius 3 is 1.79 bits per heavy atom. The molecule has 6 heteroatoms. The van der Waals surface area contributed by atoms with Gasteiger partial charge in [0, 0.05) is 0 Å². The number of hydrogen-bond donors (Lipinski definition) is 0. The van der Waals surface area contributed by atoms with Gasteiger partial charge in [-0.25, -0.2) is 9.59 Å². The van der Waals surface area contributed by atoms with Crippen molar-refractivity contribution in [2.24, 2.45) is 0 Å². The number of carbonyl (C=O) groups excluding carboxylic acids is 2. The number of rotatable bonds is 14. The van der Waals surface area contributed by atoms with Crippen LogP contribution in [0.3, 0.4) is 0 Å². The van der Waals surface area contributed by atoms with Gasteiger partial charge in [0.25, 0.3) is 0 Å². The second-order valence-electron chi connectivity index (χ2n) is 10.6. The summed E-state index contributed by atoms with van der Waals surface area (Å²) in [4.78, 5) is 25.5. The molecule has 6 nitrogen and oxygen atoms in total. The molecule has 4 aromatic carbocycles. The van der Waals surface area contributed by atoms with Crippen LogP contribution in [-0.2, 0) is 6.42 Å². The molecule has 4 aromatic rings. The molecule has 0 radical (unpaired) electrons. The maximum Gasteiger partial charge on any atom is 0.347 e. The van der Waals surface area contributed by atoms with Gasteiger partial charge in [0.2, 0.25) is 0 Å². The number of benzene rings is 4. The quantitative estimate of drug-likeness (QED) is 0.0842. The lowest BCUT2D eigenvalue weighted by molar-refractivity contribution is 0.0723. The largest absolute Gasteiger partial charge is 0.496 e. The summed E-state index contributed by atoms with van der Waals surface area (Å²) in [6.45, 7) is 4.15. The topological polar surface area (TPSA) is 71.1 Å². The zero-order chi connectivity index (χ0) is 30.6. The van der Waals surface area contributed by atoms with Crippen LogP contribution in [0.1, 0.15) is 77.3 Å². The molecule has 0 atom stereocenters. The molecule has 43 heavy (non-hydrogen) atoms. The lowest BCUT2D eigenvalue weighted by Crippen LogP contribution is -2.10. The van der Waals surface area contributed by atoms with Gasteiger partial charge in [-0.05, 0) is 90.6 Å². The molecule has 0 saturated carbocycles. The lowest BCUT2D eigenvalue weighted by Gasteiger charge is -2.11. The van der Waals surface area contributed by atoms with Crippen LogP contribution in [-0.4, -0.2) is 26.2 Å². The highest BCUT2D eigenvalue weighted by molar-refractivity contribution is 5.94. The van der Waals surface area contributed by atoms with Gasteiger partial charge in [0.1, 0.15) is 28.6 Å². The third-order valence-electron chi connectivity index (χ3n) is 7.36. The van der Waals surface area contributed by atoms with E-state index in [9.17, 15) is 9.59 Å². The zero-order valence-corrected chi connectivity index (χ0v) is 25.5. The van der Waals surface area contributed by atoms with Crippen LogP contribution in [0.5, 0.6) is 23.0 Å². The first kappa shape index (κ1) is 31.4. The first-order chi connectivity index (χ1) is 20.9. The third kappa shape index (κ3) is 8.71. The number of carbonyl (C=O) groups is 2. The van der Waals surface area contributed by atoms with E-state index in [1.807, 2.05) is 43.3 Å². The Hall–Kier alpha value is -4.58. The van der Waals surface area contributed by atoms with Gasteiger partial charge in [0.15, 0.2) is 0 Å². The van der Waals surface area contributed by atoms with Crippen molar-refractivity contribution in [3.05, 3.63) is 107 Å². The fraction of sp³-hybridized carbons (Fsp3) is 0.297. The minimum atomic E-state index is -0.485. The summed E-state index contributed by atoms with van der Waals surface area (Å²) >= 11 is 0. The first-order valence-corrected chi connectivity index (χ1v) is 14.9. The predicted octanol–water partition coefficient (Wildman–Crippen LogP) is 9.02. The van der Waals surface area contributed by atoms with Crippen LogP contribution in [0.25, 0.3) is 11.1 Å². The Morgan fingerprint density at radius 2 is 1.19 bits per heavy atom. The molecule has 0 bridgehead atoms. The average Bonchev–Trinajstić information content (AvgIpc) is 3.03. The lowest BCUT2D eigenvalue weighted by atomic mass is 10.0. The Labute approximate surface area is 254 Å². The monoisotopic (exact) mass is 580 g/mol. The summed E-state index contributed by atoms with van der Waals surface area (Å²) < 4.78 is 22.1. The van der Waals surface area contributed by atoms with Crippen molar-refractivity contribution in [2.75, 3.05) is 14.2 Å². The molecule has 0 fully saturated rings. The van der Waals surface area contributed by atoms with Crippen molar-refractivity contribution in [3.8, 4) is 34.1 Å². The summed E-state index contributed by atoms with van der Waals surface area (Å²) in [6, 6.07) is 25.4. The number of methoxy groups -OCH3 is 2. The molecular formula is C37H40O6. The Kier molecular flexibility index (Phi) is 11.4. The Balaban J connectivity index is 1.33. The molecule has 0 aliphatic heterocycles. The fourth-order valence-electron chi connectivity index (χ4n) is 4.90. The molecule has 4 rings (SSSR count). The summed E-state index contributed by atoms with van der Waals surface area (Å²) in [5.74, 6) is 1.14. The molecular weight excluding hydrogens is 540 g/mol. The van der Waals surface area contributed by atoms with Crippen molar-refractivity contribution in [1.29, 1.82) is 0 Å². The first-order valence-electron chi connectivity index (χ1n) is 14.9. The Bertz CT molecular complexity index is 1510. The maximum atomic E-state index is 12.9. The molecule has 0 aliphatic carbocycles. The van der Waals surface area contributed by atoms with Crippen LogP contribution < -0.4 is 18.9 Å². The molecule has 0 aromatic heterocycles. The van der Waals surface area contributed by atoms with Crippen molar-refractivity contribution in [2.45, 2.75) is 58.8 Å². The third-order valence-corrected chi connectivity index (χ3v) is 7.36. The van der Waals surface area contributed by atoms with E-state index in [4.69, 9.17) is 18.9 Å². The second-order valence-corrected chi connectivity index (χ2v) is 10.6. The van der Waals surface area contributed by atoms with Gasteiger partial charge in [-0.1, -0.05) is 75.4 Å². The van der Waals surface area contributed by atoms with Gasteiger partial charge in [-0.2, -0.15) is 0 Å². The normalized spacial score (nSPS) is 10.7. The van der Waals surface area contributed by atoms with E-state index >= 15 is 0 Å². The minimum absolute atomic E-state index is 0.366. The highest BCUT2D eigenvalue weighted by Crippen LogP contribution is 2.28. The van der Waals surface area contributed by atoms with E-state index in [0.717, 1.165) is 35.1 Å². The number of ether oxygens (including phenoxy) is 4. The number of hydrogen-bond acceptors (Lipinski definition) is 6. The van der Waals surface area contributed by atoms with Crippen LogP contribution in [0.15, 0.2) is 84.9 Å². The fourth-order valence-corrected chi connectivity index (χ4v) is 4.90. The van der Waals surface area contributed by atoms with Gasteiger partial charge in [-0.15, -0.1) is 0 Å². The highest BCUT2D eigenvalue weighted by atomic mass is 16.5. The van der Waals surface area contributed by atoms with Gasteiger partial charge in [-0.3, -0.25) is 0 Å². The van der Waals surface area contributed by atoms with Gasteiger partial charge >= 0.3 is 11.9 Å². The molecule has 0 N–H and O–H groups in total. The van der Waals surface area contributed by atoms with Gasteiger partial charge in [0.05, 0.1) is 19.8 Å². The van der Waals surface area contributed by atoms with E-state index in [2.05, 4.69) is 6.92 Å². The summed E-state index contributed by atoms with van der Waals surface area (Å²) in [7, 11) is 3.16. The zero-order valence-electron chi connectivity index (χ0n) is 25.5. The van der Waals surface area contributed by atoms with Gasteiger partial charge < -0.3 is 18.9 Å². The molecule has 0 unspecified atom stereocenters. The molecule has 0 spiro atoms. The van der Waals surface area contributed by atoms with Crippen molar-refractivity contribution in [3.63, 3.8) is 0 Å². The number of aryl methyl sites for hydroxylation is 2. The van der Waals surface area contributed by atoms with Crippen molar-refractivity contribution in [1.82, 2.24) is 0 Å². The van der Waals surface area contributed by atoms with Crippen molar-refractivity contribution >= 4 is 11.9 Å². The SMILES string of the molecule is CCCCCCCCc1ccc(C(=O)Oc2ccc(-c3ccc(OC(=O)c4ccc(C)cc4OC)cc3)cc2)cc1OC. The molecule has 0 amide bonds. The maximum absolute atomic E-state index is 12.9. The van der Waals surface area contributed by atoms with E-state index in [1.165, 1.54) is 39.2 Å². The van der Waals surface area contributed by atoms with Crippen molar-refractivity contribution < 1.29 is 28.5 Å². The second kappa shape index (κ2) is 15.6. The molecule has 0 saturated heterocycles. The minimum Gasteiger partial charge on any atom is -0.496 e. The van der Waals surface area contributed by atoms with E-state index < -0.39 is 11.9 Å². The number of esters is 2. The summed E-state index contributed by atoms with van der Waals surface area (Å²) in [6.07, 6.45) is 8.31. The average molecular weight is 581 g/mol. The molecule has 0 heterocycles. The van der Waals surface area contributed by atoms with E-state index in [0.29, 0.717) is 34.1 Å². The van der Waals surface area contributed by atoms with Crippen LogP contribution in [0.4, 0.5) is 0 Å². The molecule has 0 aliphatic rings. The van der Waals surface area contributed by atoms with Crippen LogP contribution >= 0.6 is 0 Å². The predicted molar refractivity (Wildman–Crippen MR) is 170 cm³/mol. The van der Waals surface area contributed by atoms with E-state index in [-0.39, 0.29) is 0 Å². The Morgan fingerprint density at radius 1 is 0.605 bits per heavy atom. The smallest absolute Gasteiger partial charge is 0.347 e.